The molecule has 0 spiro atoms. The van der Waals surface area contributed by atoms with Gasteiger partial charge in [-0.1, -0.05) is 36.4 Å². The quantitative estimate of drug-likeness (QED) is 0.761. The van der Waals surface area contributed by atoms with E-state index >= 15 is 0 Å². The minimum Gasteiger partial charge on any atom is -0.387 e. The lowest BCUT2D eigenvalue weighted by Crippen LogP contribution is -2.33. The number of hydrogen-bond acceptors (Lipinski definition) is 2. The van der Waals surface area contributed by atoms with Gasteiger partial charge in [0, 0.05) is 18.9 Å². The van der Waals surface area contributed by atoms with Crippen molar-refractivity contribution in [3.05, 3.63) is 72.6 Å². The number of hydrogen-bond donors (Lipinski definition) is 2. The van der Waals surface area contributed by atoms with Gasteiger partial charge in [0.1, 0.15) is 6.04 Å². The second kappa shape index (κ2) is 6.67. The molecule has 23 heavy (non-hydrogen) atoms. The third kappa shape index (κ3) is 3.43. The number of aromatic nitrogens is 1. The Hall–Kier alpha value is -2.59. The Labute approximate surface area is 135 Å². The molecular weight excluding hydrogens is 288 g/mol. The summed E-state index contributed by atoms with van der Waals surface area (Å²) in [5.74, 6) is -0.110. The van der Waals surface area contributed by atoms with E-state index in [1.54, 1.807) is 0 Å². The molecule has 0 radical (unpaired) electrons. The fraction of sp³-hybridized carbons (Fsp3) is 0.211. The van der Waals surface area contributed by atoms with Crippen LogP contribution in [-0.2, 0) is 4.79 Å². The fourth-order valence-corrected chi connectivity index (χ4v) is 2.62. The molecule has 4 nitrogen and oxygen atoms in total. The highest BCUT2D eigenvalue weighted by molar-refractivity contribution is 5.83. The van der Waals surface area contributed by atoms with Gasteiger partial charge < -0.3 is 15.0 Å². The molecule has 0 fully saturated rings. The summed E-state index contributed by atoms with van der Waals surface area (Å²) in [7, 11) is 0. The molecule has 0 saturated carbocycles. The van der Waals surface area contributed by atoms with Gasteiger partial charge in [0.05, 0.1) is 6.10 Å². The average molecular weight is 308 g/mol. The Morgan fingerprint density at radius 3 is 2.52 bits per heavy atom. The van der Waals surface area contributed by atoms with Gasteiger partial charge in [0.25, 0.3) is 0 Å². The summed E-state index contributed by atoms with van der Waals surface area (Å²) in [5, 5.41) is 15.3. The van der Waals surface area contributed by atoms with Crippen LogP contribution in [0.15, 0.2) is 67.0 Å². The maximum absolute atomic E-state index is 12.1. The molecule has 3 rings (SSSR count). The summed E-state index contributed by atoms with van der Waals surface area (Å²) < 4.78 is 1.83. The predicted molar refractivity (Wildman–Crippen MR) is 91.1 cm³/mol. The second-order valence-corrected chi connectivity index (χ2v) is 5.67. The van der Waals surface area contributed by atoms with Gasteiger partial charge in [-0.2, -0.15) is 0 Å². The molecule has 1 aromatic heterocycles. The number of carbonyl (C=O) groups is 1. The first-order valence-corrected chi connectivity index (χ1v) is 7.72. The molecule has 2 N–H and O–H groups in total. The monoisotopic (exact) mass is 308 g/mol. The molecule has 0 aliphatic rings. The van der Waals surface area contributed by atoms with Gasteiger partial charge in [-0.25, -0.2) is 0 Å². The molecule has 1 heterocycles. The first-order valence-electron chi connectivity index (χ1n) is 7.72. The van der Waals surface area contributed by atoms with E-state index in [0.717, 1.165) is 16.3 Å². The van der Waals surface area contributed by atoms with Crippen LogP contribution < -0.4 is 5.32 Å². The van der Waals surface area contributed by atoms with Crippen molar-refractivity contribution in [3.63, 3.8) is 0 Å². The molecule has 2 atom stereocenters. The van der Waals surface area contributed by atoms with Crippen LogP contribution >= 0.6 is 0 Å². The minimum absolute atomic E-state index is 0.110. The molecule has 0 bridgehead atoms. The molecule has 0 saturated heterocycles. The largest absolute Gasteiger partial charge is 0.387 e. The number of amides is 1. The topological polar surface area (TPSA) is 54.3 Å². The molecule has 0 aliphatic carbocycles. The lowest BCUT2D eigenvalue weighted by Gasteiger charge is -2.17. The maximum atomic E-state index is 12.1. The number of nitrogens with one attached hydrogen (secondary N) is 1. The molecule has 0 aliphatic heterocycles. The van der Waals surface area contributed by atoms with Crippen LogP contribution in [0.3, 0.4) is 0 Å². The van der Waals surface area contributed by atoms with Crippen LogP contribution in [0.2, 0.25) is 0 Å². The highest BCUT2D eigenvalue weighted by Crippen LogP contribution is 2.20. The van der Waals surface area contributed by atoms with Gasteiger partial charge in [-0.05, 0) is 41.5 Å². The van der Waals surface area contributed by atoms with E-state index in [-0.39, 0.29) is 18.5 Å². The van der Waals surface area contributed by atoms with E-state index in [4.69, 9.17) is 0 Å². The smallest absolute Gasteiger partial charge is 0.242 e. The first kappa shape index (κ1) is 15.3. The standard InChI is InChI=1S/C19H20N2O2/c1-14(21-10-4-5-11-21)19(23)20-13-18(22)17-9-8-15-6-2-3-7-16(15)12-17/h2-12,14,18,22H,13H2,1H3,(H,20,23). The number of fused-ring (bicyclic) bond motifs is 1. The minimum atomic E-state index is -0.722. The maximum Gasteiger partial charge on any atom is 0.242 e. The third-order valence-corrected chi connectivity index (χ3v) is 4.08. The number of aliphatic hydroxyl groups is 1. The van der Waals surface area contributed by atoms with E-state index in [1.807, 2.05) is 78.5 Å². The lowest BCUT2D eigenvalue weighted by molar-refractivity contribution is -0.124. The Morgan fingerprint density at radius 1 is 1.09 bits per heavy atom. The van der Waals surface area contributed by atoms with Crippen molar-refractivity contribution in [2.75, 3.05) is 6.54 Å². The van der Waals surface area contributed by atoms with Gasteiger partial charge in [-0.15, -0.1) is 0 Å². The Balaban J connectivity index is 1.64. The fourth-order valence-electron chi connectivity index (χ4n) is 2.62. The van der Waals surface area contributed by atoms with E-state index < -0.39 is 6.10 Å². The summed E-state index contributed by atoms with van der Waals surface area (Å²) in [6.45, 7) is 2.03. The van der Waals surface area contributed by atoms with E-state index in [0.29, 0.717) is 0 Å². The van der Waals surface area contributed by atoms with Crippen LogP contribution in [0.25, 0.3) is 10.8 Å². The molecule has 118 valence electrons. The average Bonchev–Trinajstić information content (AvgIpc) is 3.12. The van der Waals surface area contributed by atoms with Crippen LogP contribution in [0, 0.1) is 0 Å². The number of benzene rings is 2. The highest BCUT2D eigenvalue weighted by atomic mass is 16.3. The molecule has 4 heteroatoms. The Kier molecular flexibility index (Phi) is 4.44. The SMILES string of the molecule is CC(C(=O)NCC(O)c1ccc2ccccc2c1)n1cccc1. The van der Waals surface area contributed by atoms with Gasteiger partial charge in [-0.3, -0.25) is 4.79 Å². The van der Waals surface area contributed by atoms with Crippen molar-refractivity contribution in [3.8, 4) is 0 Å². The van der Waals surface area contributed by atoms with Crippen molar-refractivity contribution >= 4 is 16.7 Å². The van der Waals surface area contributed by atoms with Crippen LogP contribution in [0.5, 0.6) is 0 Å². The van der Waals surface area contributed by atoms with Crippen molar-refractivity contribution in [1.82, 2.24) is 9.88 Å². The second-order valence-electron chi connectivity index (χ2n) is 5.67. The summed E-state index contributed by atoms with van der Waals surface area (Å²) in [4.78, 5) is 12.1. The summed E-state index contributed by atoms with van der Waals surface area (Å²) in [6, 6.07) is 17.3. The van der Waals surface area contributed by atoms with Gasteiger partial charge >= 0.3 is 0 Å². The number of carbonyl (C=O) groups excluding carboxylic acids is 1. The highest BCUT2D eigenvalue weighted by Gasteiger charge is 2.15. The summed E-state index contributed by atoms with van der Waals surface area (Å²) in [5.41, 5.74) is 0.803. The van der Waals surface area contributed by atoms with E-state index in [2.05, 4.69) is 5.32 Å². The zero-order chi connectivity index (χ0) is 16.2. The molecule has 2 unspecified atom stereocenters. The molecule has 2 aromatic carbocycles. The van der Waals surface area contributed by atoms with Crippen LogP contribution in [0.1, 0.15) is 24.6 Å². The summed E-state index contributed by atoms with van der Waals surface area (Å²) >= 11 is 0. The Bertz CT molecular complexity index is 796. The van der Waals surface area contributed by atoms with Crippen molar-refractivity contribution in [2.45, 2.75) is 19.1 Å². The van der Waals surface area contributed by atoms with Crippen LogP contribution in [0.4, 0.5) is 0 Å². The normalized spacial score (nSPS) is 13.7. The zero-order valence-electron chi connectivity index (χ0n) is 13.0. The van der Waals surface area contributed by atoms with E-state index in [1.165, 1.54) is 0 Å². The van der Waals surface area contributed by atoms with E-state index in [9.17, 15) is 9.90 Å². The van der Waals surface area contributed by atoms with Crippen LogP contribution in [-0.4, -0.2) is 22.1 Å². The molecule has 3 aromatic rings. The number of rotatable bonds is 5. The lowest BCUT2D eigenvalue weighted by atomic mass is 10.0. The Morgan fingerprint density at radius 2 is 1.78 bits per heavy atom. The molecular formula is C19H20N2O2. The molecule has 1 amide bonds. The van der Waals surface area contributed by atoms with Gasteiger partial charge in [0.15, 0.2) is 0 Å². The van der Waals surface area contributed by atoms with Crippen molar-refractivity contribution in [2.24, 2.45) is 0 Å². The van der Waals surface area contributed by atoms with Gasteiger partial charge in [0.2, 0.25) is 5.91 Å². The first-order chi connectivity index (χ1) is 11.1. The number of nitrogens with zero attached hydrogens (tertiary/aromatic N) is 1. The third-order valence-electron chi connectivity index (χ3n) is 4.08. The van der Waals surface area contributed by atoms with Crippen molar-refractivity contribution < 1.29 is 9.90 Å². The predicted octanol–water partition coefficient (Wildman–Crippen LogP) is 3.05. The van der Waals surface area contributed by atoms with Crippen molar-refractivity contribution in [1.29, 1.82) is 0 Å². The summed E-state index contributed by atoms with van der Waals surface area (Å²) in [6.07, 6.45) is 2.98. The zero-order valence-corrected chi connectivity index (χ0v) is 13.0. The number of aliphatic hydroxyl groups excluding tert-OH is 1.